The SMILES string of the molecule is Cc1nc2ncnn2c(C)c1CCC(=O)N1CCN(Cc2ccc(-c3cccc(F)c3)s2)CC1. The highest BCUT2D eigenvalue weighted by Gasteiger charge is 2.22. The first kappa shape index (κ1) is 22.6. The number of aryl methyl sites for hydroxylation is 2. The maximum Gasteiger partial charge on any atom is 0.252 e. The molecule has 4 aromatic rings. The molecule has 1 aliphatic heterocycles. The van der Waals surface area contributed by atoms with Gasteiger partial charge in [0.05, 0.1) is 0 Å². The van der Waals surface area contributed by atoms with Gasteiger partial charge in [-0.1, -0.05) is 12.1 Å². The Kier molecular flexibility index (Phi) is 6.38. The Hall–Kier alpha value is -3.17. The zero-order valence-electron chi connectivity index (χ0n) is 19.4. The molecule has 1 amide bonds. The molecule has 7 nitrogen and oxygen atoms in total. The summed E-state index contributed by atoms with van der Waals surface area (Å²) in [5.41, 5.74) is 3.88. The van der Waals surface area contributed by atoms with Crippen molar-refractivity contribution in [2.24, 2.45) is 0 Å². The predicted molar refractivity (Wildman–Crippen MR) is 130 cm³/mol. The number of hydrogen-bond acceptors (Lipinski definition) is 6. The first-order chi connectivity index (χ1) is 16.5. The van der Waals surface area contributed by atoms with E-state index in [9.17, 15) is 9.18 Å². The minimum absolute atomic E-state index is 0.182. The molecule has 1 aliphatic rings. The zero-order chi connectivity index (χ0) is 23.7. The Morgan fingerprint density at radius 2 is 1.94 bits per heavy atom. The number of thiophene rings is 1. The Morgan fingerprint density at radius 3 is 2.74 bits per heavy atom. The second-order valence-corrected chi connectivity index (χ2v) is 9.83. The Labute approximate surface area is 201 Å². The smallest absolute Gasteiger partial charge is 0.252 e. The van der Waals surface area contributed by atoms with Crippen LogP contribution in [0.5, 0.6) is 0 Å². The molecular weight excluding hydrogens is 451 g/mol. The number of hydrogen-bond donors (Lipinski definition) is 0. The molecule has 1 aromatic carbocycles. The van der Waals surface area contributed by atoms with Crippen LogP contribution < -0.4 is 0 Å². The van der Waals surface area contributed by atoms with E-state index in [0.29, 0.717) is 18.6 Å². The highest BCUT2D eigenvalue weighted by Crippen LogP contribution is 2.29. The minimum atomic E-state index is -0.214. The predicted octanol–water partition coefficient (Wildman–Crippen LogP) is 3.89. The molecule has 0 aliphatic carbocycles. The highest BCUT2D eigenvalue weighted by atomic mass is 32.1. The third kappa shape index (κ3) is 4.71. The van der Waals surface area contributed by atoms with Gasteiger partial charge in [-0.25, -0.2) is 13.9 Å². The lowest BCUT2D eigenvalue weighted by atomic mass is 10.1. The van der Waals surface area contributed by atoms with Gasteiger partial charge in [-0.2, -0.15) is 10.1 Å². The monoisotopic (exact) mass is 478 g/mol. The van der Waals surface area contributed by atoms with Crippen LogP contribution in [0, 0.1) is 19.7 Å². The van der Waals surface area contributed by atoms with Crippen LogP contribution in [0.4, 0.5) is 4.39 Å². The molecule has 0 unspecified atom stereocenters. The molecule has 0 radical (unpaired) electrons. The number of carbonyl (C=O) groups is 1. The molecule has 0 saturated carbocycles. The summed E-state index contributed by atoms with van der Waals surface area (Å²) in [6.45, 7) is 7.99. The molecule has 0 atom stereocenters. The molecule has 5 rings (SSSR count). The van der Waals surface area contributed by atoms with Crippen LogP contribution in [0.2, 0.25) is 0 Å². The van der Waals surface area contributed by atoms with E-state index in [4.69, 9.17) is 0 Å². The molecular formula is C25H27FN6OS. The highest BCUT2D eigenvalue weighted by molar-refractivity contribution is 7.15. The van der Waals surface area contributed by atoms with Crippen molar-refractivity contribution in [3.8, 4) is 10.4 Å². The van der Waals surface area contributed by atoms with Crippen molar-refractivity contribution in [3.63, 3.8) is 0 Å². The van der Waals surface area contributed by atoms with Crippen molar-refractivity contribution in [2.45, 2.75) is 33.2 Å². The number of carbonyl (C=O) groups excluding carboxylic acids is 1. The number of aromatic nitrogens is 4. The zero-order valence-corrected chi connectivity index (χ0v) is 20.2. The van der Waals surface area contributed by atoms with Gasteiger partial charge < -0.3 is 4.90 Å². The normalized spacial score (nSPS) is 14.7. The Bertz CT molecular complexity index is 1320. The van der Waals surface area contributed by atoms with E-state index in [1.54, 1.807) is 28.0 Å². The van der Waals surface area contributed by atoms with E-state index in [1.807, 2.05) is 24.8 Å². The van der Waals surface area contributed by atoms with Crippen LogP contribution >= 0.6 is 11.3 Å². The molecule has 4 heterocycles. The fourth-order valence-electron chi connectivity index (χ4n) is 4.54. The van der Waals surface area contributed by atoms with Gasteiger partial charge in [0.25, 0.3) is 5.78 Å². The molecule has 1 saturated heterocycles. The van der Waals surface area contributed by atoms with Gasteiger partial charge in [-0.15, -0.1) is 11.3 Å². The number of rotatable bonds is 6. The van der Waals surface area contributed by atoms with E-state index in [1.165, 1.54) is 17.3 Å². The first-order valence-electron chi connectivity index (χ1n) is 11.5. The van der Waals surface area contributed by atoms with Crippen molar-refractivity contribution in [1.29, 1.82) is 0 Å². The summed E-state index contributed by atoms with van der Waals surface area (Å²) >= 11 is 1.70. The first-order valence-corrected chi connectivity index (χ1v) is 12.3. The molecule has 0 N–H and O–H groups in total. The lowest BCUT2D eigenvalue weighted by Crippen LogP contribution is -2.48. The van der Waals surface area contributed by atoms with Crippen molar-refractivity contribution in [1.82, 2.24) is 29.4 Å². The number of fused-ring (bicyclic) bond motifs is 1. The van der Waals surface area contributed by atoms with Gasteiger partial charge in [0.1, 0.15) is 12.1 Å². The van der Waals surface area contributed by atoms with Crippen LogP contribution in [0.1, 0.15) is 28.2 Å². The number of piperazine rings is 1. The summed E-state index contributed by atoms with van der Waals surface area (Å²) < 4.78 is 15.3. The molecule has 9 heteroatoms. The topological polar surface area (TPSA) is 66.6 Å². The number of amides is 1. The lowest BCUT2D eigenvalue weighted by molar-refractivity contribution is -0.133. The maximum absolute atomic E-state index is 13.5. The van der Waals surface area contributed by atoms with Crippen LogP contribution in [0.15, 0.2) is 42.7 Å². The van der Waals surface area contributed by atoms with Gasteiger partial charge in [0.15, 0.2) is 0 Å². The van der Waals surface area contributed by atoms with Gasteiger partial charge in [0, 0.05) is 60.3 Å². The summed E-state index contributed by atoms with van der Waals surface area (Å²) in [5.74, 6) is 0.561. The number of benzene rings is 1. The average Bonchev–Trinajstić information content (AvgIpc) is 3.49. The van der Waals surface area contributed by atoms with Crippen molar-refractivity contribution in [3.05, 3.63) is 70.4 Å². The van der Waals surface area contributed by atoms with E-state index < -0.39 is 0 Å². The second kappa shape index (κ2) is 9.60. The average molecular weight is 479 g/mol. The minimum Gasteiger partial charge on any atom is -0.340 e. The summed E-state index contributed by atoms with van der Waals surface area (Å²) in [6.07, 6.45) is 2.62. The van der Waals surface area contributed by atoms with Gasteiger partial charge in [0.2, 0.25) is 5.91 Å². The fraction of sp³-hybridized carbons (Fsp3) is 0.360. The summed E-state index contributed by atoms with van der Waals surface area (Å²) in [4.78, 5) is 28.2. The number of halogens is 1. The molecule has 0 spiro atoms. The fourth-order valence-corrected chi connectivity index (χ4v) is 5.59. The third-order valence-corrected chi connectivity index (χ3v) is 7.57. The molecule has 176 valence electrons. The molecule has 0 bridgehead atoms. The van der Waals surface area contributed by atoms with Crippen LogP contribution in [-0.4, -0.2) is 61.5 Å². The van der Waals surface area contributed by atoms with E-state index >= 15 is 0 Å². The van der Waals surface area contributed by atoms with Crippen molar-refractivity contribution >= 4 is 23.0 Å². The maximum atomic E-state index is 13.5. The van der Waals surface area contributed by atoms with Crippen molar-refractivity contribution in [2.75, 3.05) is 26.2 Å². The van der Waals surface area contributed by atoms with Crippen molar-refractivity contribution < 1.29 is 9.18 Å². The van der Waals surface area contributed by atoms with E-state index in [0.717, 1.165) is 60.1 Å². The van der Waals surface area contributed by atoms with Gasteiger partial charge in [-0.3, -0.25) is 9.69 Å². The lowest BCUT2D eigenvalue weighted by Gasteiger charge is -2.34. The van der Waals surface area contributed by atoms with Crippen LogP contribution in [0.25, 0.3) is 16.2 Å². The standard InChI is InChI=1S/C25H27FN6OS/c1-17-22(18(2)32-25(29-17)27-16-28-32)7-9-24(33)31-12-10-30(11-13-31)15-21-6-8-23(34-21)19-4-3-5-20(26)14-19/h3-6,8,14,16H,7,9-13,15H2,1-2H3. The van der Waals surface area contributed by atoms with Crippen LogP contribution in [0.3, 0.4) is 0 Å². The Morgan fingerprint density at radius 1 is 1.12 bits per heavy atom. The third-order valence-electron chi connectivity index (χ3n) is 6.45. The molecule has 3 aromatic heterocycles. The largest absolute Gasteiger partial charge is 0.340 e. The van der Waals surface area contributed by atoms with E-state index in [2.05, 4.69) is 32.1 Å². The molecule has 34 heavy (non-hydrogen) atoms. The van der Waals surface area contributed by atoms with E-state index in [-0.39, 0.29) is 11.7 Å². The van der Waals surface area contributed by atoms with Gasteiger partial charge >= 0.3 is 0 Å². The molecule has 1 fully saturated rings. The number of nitrogens with zero attached hydrogens (tertiary/aromatic N) is 6. The summed E-state index contributed by atoms with van der Waals surface area (Å²) in [7, 11) is 0. The second-order valence-electron chi connectivity index (χ2n) is 8.67. The van der Waals surface area contributed by atoms with Gasteiger partial charge in [-0.05, 0) is 55.7 Å². The summed E-state index contributed by atoms with van der Waals surface area (Å²) in [5, 5.41) is 4.23. The Balaban J connectivity index is 1.13. The summed E-state index contributed by atoms with van der Waals surface area (Å²) in [6, 6.07) is 10.9. The van der Waals surface area contributed by atoms with Crippen LogP contribution in [-0.2, 0) is 17.8 Å². The quantitative estimate of drug-likeness (QED) is 0.421.